The fraction of sp³-hybridized carbons (Fsp3) is 0.105. The van der Waals surface area contributed by atoms with Crippen LogP contribution < -0.4 is 11.5 Å². The van der Waals surface area contributed by atoms with Crippen LogP contribution in [0, 0.1) is 13.8 Å². The van der Waals surface area contributed by atoms with Crippen molar-refractivity contribution in [1.82, 2.24) is 0 Å². The van der Waals surface area contributed by atoms with Crippen molar-refractivity contribution in [2.24, 2.45) is 0 Å². The van der Waals surface area contributed by atoms with Gasteiger partial charge in [0.2, 0.25) is 0 Å². The van der Waals surface area contributed by atoms with E-state index in [-0.39, 0.29) is 0 Å². The van der Waals surface area contributed by atoms with E-state index in [1.807, 2.05) is 97.1 Å². The SMILES string of the molecule is C1=CCCC=C1.C=C/C=C\C=C.Cc1ccccc1.Cc1ccccc1.Nc1ccc(-c2ccc(N)cc2)cc1. The first-order valence-corrected chi connectivity index (χ1v) is 13.4. The van der Waals surface area contributed by atoms with Crippen LogP contribution in [0.4, 0.5) is 11.4 Å². The normalized spacial score (nSPS) is 10.7. The Hall–Kier alpha value is -4.82. The van der Waals surface area contributed by atoms with Crippen LogP contribution >= 0.6 is 0 Å². The summed E-state index contributed by atoms with van der Waals surface area (Å²) in [7, 11) is 0. The average Bonchev–Trinajstić information content (AvgIpc) is 3.00. The maximum Gasteiger partial charge on any atom is 0.0314 e. The summed E-state index contributed by atoms with van der Waals surface area (Å²) >= 11 is 0. The van der Waals surface area contributed by atoms with Crippen LogP contribution in [0.25, 0.3) is 11.1 Å². The molecular formula is C38H44N2. The van der Waals surface area contributed by atoms with E-state index in [0.29, 0.717) is 0 Å². The van der Waals surface area contributed by atoms with Crippen molar-refractivity contribution in [2.45, 2.75) is 26.7 Å². The molecule has 206 valence electrons. The number of hydrogen-bond acceptors (Lipinski definition) is 2. The van der Waals surface area contributed by atoms with Crippen molar-refractivity contribution >= 4 is 11.4 Å². The Balaban J connectivity index is 0.000000265. The van der Waals surface area contributed by atoms with Crippen LogP contribution in [-0.4, -0.2) is 0 Å². The van der Waals surface area contributed by atoms with Gasteiger partial charge in [0.15, 0.2) is 0 Å². The lowest BCUT2D eigenvalue weighted by atomic mass is 10.1. The molecule has 5 rings (SSSR count). The molecule has 40 heavy (non-hydrogen) atoms. The van der Waals surface area contributed by atoms with Gasteiger partial charge in [0.1, 0.15) is 0 Å². The Labute approximate surface area is 242 Å². The summed E-state index contributed by atoms with van der Waals surface area (Å²) < 4.78 is 0. The predicted molar refractivity (Wildman–Crippen MR) is 180 cm³/mol. The molecule has 0 unspecified atom stereocenters. The lowest BCUT2D eigenvalue weighted by molar-refractivity contribution is 1.04. The van der Waals surface area contributed by atoms with Crippen molar-refractivity contribution in [3.8, 4) is 11.1 Å². The smallest absolute Gasteiger partial charge is 0.0314 e. The van der Waals surface area contributed by atoms with E-state index in [1.54, 1.807) is 12.2 Å². The standard InChI is InChI=1S/C12H12N2.2C7H8.2C6H8/c13-11-5-1-9(2-6-11)10-3-7-12(14)8-4-10;2*1-7-5-3-2-4-6-7;1-2-4-6-5-3-1;1-3-5-6-4-2/h1-8H,13-14H2;2*2-6H,1H3;1-4H,5-6H2;3-6H,1-2H2/b;;;;6-5-. The van der Waals surface area contributed by atoms with Gasteiger partial charge >= 0.3 is 0 Å². The molecule has 0 heterocycles. The second-order valence-electron chi connectivity index (χ2n) is 8.84. The van der Waals surface area contributed by atoms with E-state index in [0.717, 1.165) is 22.5 Å². The maximum absolute atomic E-state index is 5.61. The quantitative estimate of drug-likeness (QED) is 0.205. The van der Waals surface area contributed by atoms with Gasteiger partial charge in [0.05, 0.1) is 0 Å². The van der Waals surface area contributed by atoms with Gasteiger partial charge in [-0.05, 0) is 62.1 Å². The van der Waals surface area contributed by atoms with Crippen LogP contribution in [0.2, 0.25) is 0 Å². The lowest BCUT2D eigenvalue weighted by Gasteiger charge is -2.02. The number of nitrogens with two attached hydrogens (primary N) is 2. The molecule has 0 aromatic heterocycles. The van der Waals surface area contributed by atoms with Crippen molar-refractivity contribution in [2.75, 3.05) is 11.5 Å². The van der Waals surface area contributed by atoms with Crippen LogP contribution in [0.5, 0.6) is 0 Å². The topological polar surface area (TPSA) is 52.0 Å². The number of aryl methyl sites for hydroxylation is 2. The van der Waals surface area contributed by atoms with Crippen molar-refractivity contribution in [3.63, 3.8) is 0 Å². The zero-order valence-electron chi connectivity index (χ0n) is 24.0. The minimum absolute atomic E-state index is 0.782. The number of hydrogen-bond donors (Lipinski definition) is 2. The van der Waals surface area contributed by atoms with E-state index >= 15 is 0 Å². The minimum Gasteiger partial charge on any atom is -0.399 e. The maximum atomic E-state index is 5.61. The molecule has 1 aliphatic rings. The number of allylic oxidation sites excluding steroid dienone is 8. The molecule has 0 radical (unpaired) electrons. The molecule has 4 aromatic rings. The van der Waals surface area contributed by atoms with Crippen LogP contribution in [0.3, 0.4) is 0 Å². The summed E-state index contributed by atoms with van der Waals surface area (Å²) in [6, 6.07) is 36.1. The fourth-order valence-electron chi connectivity index (χ4n) is 3.12. The molecule has 4 N–H and O–H groups in total. The zero-order chi connectivity index (χ0) is 29.3. The molecule has 0 fully saturated rings. The summed E-state index contributed by atoms with van der Waals surface area (Å²) in [5, 5.41) is 0. The highest BCUT2D eigenvalue weighted by Crippen LogP contribution is 2.21. The number of benzene rings is 4. The average molecular weight is 529 g/mol. The molecule has 2 heteroatoms. The number of rotatable bonds is 3. The second kappa shape index (κ2) is 22.2. The van der Waals surface area contributed by atoms with Crippen molar-refractivity contribution < 1.29 is 0 Å². The molecule has 2 nitrogen and oxygen atoms in total. The Kier molecular flexibility index (Phi) is 18.4. The van der Waals surface area contributed by atoms with Gasteiger partial charge < -0.3 is 11.5 Å². The number of nitrogen functional groups attached to an aromatic ring is 2. The monoisotopic (exact) mass is 528 g/mol. The third-order valence-corrected chi connectivity index (χ3v) is 5.30. The van der Waals surface area contributed by atoms with E-state index in [1.165, 1.54) is 24.0 Å². The highest BCUT2D eigenvalue weighted by atomic mass is 14.5. The molecule has 0 saturated heterocycles. The van der Waals surface area contributed by atoms with Crippen molar-refractivity contribution in [3.05, 3.63) is 182 Å². The molecule has 4 aromatic carbocycles. The Bertz CT molecular complexity index is 1160. The first-order chi connectivity index (χ1) is 19.5. The highest BCUT2D eigenvalue weighted by molar-refractivity contribution is 5.67. The van der Waals surface area contributed by atoms with Gasteiger partial charge in [0, 0.05) is 11.4 Å². The van der Waals surface area contributed by atoms with Gasteiger partial charge in [-0.25, -0.2) is 0 Å². The third-order valence-electron chi connectivity index (χ3n) is 5.30. The van der Waals surface area contributed by atoms with Crippen LogP contribution in [-0.2, 0) is 0 Å². The summed E-state index contributed by atoms with van der Waals surface area (Å²) in [4.78, 5) is 0. The predicted octanol–water partition coefficient (Wildman–Crippen LogP) is 10.3. The molecule has 1 aliphatic carbocycles. The van der Waals surface area contributed by atoms with E-state index < -0.39 is 0 Å². The minimum atomic E-state index is 0.782. The number of anilines is 2. The highest BCUT2D eigenvalue weighted by Gasteiger charge is 1.96. The van der Waals surface area contributed by atoms with E-state index in [2.05, 4.69) is 75.6 Å². The van der Waals surface area contributed by atoms with Crippen molar-refractivity contribution in [1.29, 1.82) is 0 Å². The third kappa shape index (κ3) is 17.6. The molecule has 0 aliphatic heterocycles. The van der Waals surface area contributed by atoms with E-state index in [4.69, 9.17) is 11.5 Å². The van der Waals surface area contributed by atoms with Crippen LogP contribution in [0.1, 0.15) is 24.0 Å². The van der Waals surface area contributed by atoms with Gasteiger partial charge in [0.25, 0.3) is 0 Å². The Morgan fingerprint density at radius 3 is 1.02 bits per heavy atom. The molecule has 0 saturated carbocycles. The lowest BCUT2D eigenvalue weighted by Crippen LogP contribution is -1.85. The fourth-order valence-corrected chi connectivity index (χ4v) is 3.12. The summed E-state index contributed by atoms with van der Waals surface area (Å²) in [6.07, 6.45) is 18.1. The molecular weight excluding hydrogens is 484 g/mol. The van der Waals surface area contributed by atoms with Gasteiger partial charge in [-0.15, -0.1) is 0 Å². The van der Waals surface area contributed by atoms with Gasteiger partial charge in [-0.3, -0.25) is 0 Å². The largest absolute Gasteiger partial charge is 0.399 e. The molecule has 0 atom stereocenters. The molecule has 0 spiro atoms. The molecule has 0 amide bonds. The summed E-state index contributed by atoms with van der Waals surface area (Å²) in [5.74, 6) is 0. The zero-order valence-corrected chi connectivity index (χ0v) is 24.0. The summed E-state index contributed by atoms with van der Waals surface area (Å²) in [5.41, 5.74) is 17.7. The second-order valence-corrected chi connectivity index (χ2v) is 8.84. The van der Waals surface area contributed by atoms with Gasteiger partial charge in [-0.2, -0.15) is 0 Å². The Morgan fingerprint density at radius 2 is 0.825 bits per heavy atom. The van der Waals surface area contributed by atoms with Gasteiger partial charge in [-0.1, -0.05) is 158 Å². The van der Waals surface area contributed by atoms with Crippen LogP contribution in [0.15, 0.2) is 171 Å². The van der Waals surface area contributed by atoms with E-state index in [9.17, 15) is 0 Å². The first kappa shape index (κ1) is 33.2. The Morgan fingerprint density at radius 1 is 0.500 bits per heavy atom. The summed E-state index contributed by atoms with van der Waals surface area (Å²) in [6.45, 7) is 11.1. The first-order valence-electron chi connectivity index (χ1n) is 13.4. The molecule has 0 bridgehead atoms.